The van der Waals surface area contributed by atoms with Crippen molar-refractivity contribution in [1.29, 1.82) is 0 Å². The summed E-state index contributed by atoms with van der Waals surface area (Å²) in [6, 6.07) is 8.33. The fourth-order valence-electron chi connectivity index (χ4n) is 3.85. The third-order valence-corrected chi connectivity index (χ3v) is 5.39. The van der Waals surface area contributed by atoms with Gasteiger partial charge in [0.1, 0.15) is 5.60 Å². The Bertz CT molecular complexity index is 730. The number of rotatable bonds is 5. The minimum absolute atomic E-state index is 0.164. The number of terminal acetylenes is 1. The second-order valence-corrected chi connectivity index (χ2v) is 6.89. The zero-order valence-electron chi connectivity index (χ0n) is 13.7. The number of hydrogen-bond acceptors (Lipinski definition) is 4. The fourth-order valence-corrected chi connectivity index (χ4v) is 3.85. The Labute approximate surface area is 142 Å². The van der Waals surface area contributed by atoms with Gasteiger partial charge in [0.25, 0.3) is 0 Å². The molecular formula is C19H21N3O2. The number of hydrogen-bond donors (Lipinski definition) is 0. The molecule has 3 aliphatic heterocycles. The van der Waals surface area contributed by atoms with E-state index in [4.69, 9.17) is 11.2 Å². The number of ether oxygens (including phenoxy) is 1. The second-order valence-electron chi connectivity index (χ2n) is 6.89. The summed E-state index contributed by atoms with van der Waals surface area (Å²) in [4.78, 5) is 14.5. The van der Waals surface area contributed by atoms with Gasteiger partial charge in [-0.1, -0.05) is 24.3 Å². The van der Waals surface area contributed by atoms with Gasteiger partial charge in [0.2, 0.25) is 5.91 Å². The normalized spacial score (nSPS) is 25.7. The smallest absolute Gasteiger partial charge is 0.222 e. The maximum atomic E-state index is 12.6. The van der Waals surface area contributed by atoms with E-state index in [1.54, 1.807) is 0 Å². The second kappa shape index (κ2) is 5.71. The van der Waals surface area contributed by atoms with E-state index in [-0.39, 0.29) is 17.2 Å². The Hall–Kier alpha value is -2.19. The van der Waals surface area contributed by atoms with E-state index in [2.05, 4.69) is 28.3 Å². The SMILES string of the molecule is C#CCCC1(CCC(=O)N2CCC3(C2)OCc2ccccc23)N=N1. The molecule has 1 spiro atoms. The number of carbonyl (C=O) groups excluding carboxylic acids is 1. The molecular weight excluding hydrogens is 302 g/mol. The summed E-state index contributed by atoms with van der Waals surface area (Å²) in [7, 11) is 0. The quantitative estimate of drug-likeness (QED) is 0.782. The van der Waals surface area contributed by atoms with Crippen molar-refractivity contribution in [3.05, 3.63) is 35.4 Å². The molecule has 1 aromatic carbocycles. The lowest BCUT2D eigenvalue weighted by Crippen LogP contribution is -2.34. The lowest BCUT2D eigenvalue weighted by atomic mass is 9.92. The fraction of sp³-hybridized carbons (Fsp3) is 0.526. The van der Waals surface area contributed by atoms with Gasteiger partial charge in [0.15, 0.2) is 5.66 Å². The van der Waals surface area contributed by atoms with Crippen LogP contribution in [0.4, 0.5) is 0 Å². The molecule has 24 heavy (non-hydrogen) atoms. The molecule has 1 aromatic rings. The van der Waals surface area contributed by atoms with Crippen LogP contribution in [-0.2, 0) is 21.7 Å². The first-order chi connectivity index (χ1) is 11.7. The highest BCUT2D eigenvalue weighted by Crippen LogP contribution is 2.44. The van der Waals surface area contributed by atoms with Crippen LogP contribution >= 0.6 is 0 Å². The Morgan fingerprint density at radius 2 is 2.17 bits per heavy atom. The van der Waals surface area contributed by atoms with Gasteiger partial charge < -0.3 is 9.64 Å². The third-order valence-electron chi connectivity index (χ3n) is 5.39. The van der Waals surface area contributed by atoms with Gasteiger partial charge >= 0.3 is 0 Å². The minimum Gasteiger partial charge on any atom is -0.364 e. The molecule has 0 N–H and O–H groups in total. The molecule has 124 valence electrons. The van der Waals surface area contributed by atoms with Crippen molar-refractivity contribution < 1.29 is 9.53 Å². The van der Waals surface area contributed by atoms with Crippen LogP contribution in [-0.4, -0.2) is 29.6 Å². The van der Waals surface area contributed by atoms with Crippen molar-refractivity contribution in [1.82, 2.24) is 4.90 Å². The molecule has 4 rings (SSSR count). The number of likely N-dealkylation sites (tertiary alicyclic amines) is 1. The van der Waals surface area contributed by atoms with Gasteiger partial charge in [-0.05, 0) is 17.5 Å². The summed E-state index contributed by atoms with van der Waals surface area (Å²) >= 11 is 0. The molecule has 0 saturated carbocycles. The minimum atomic E-state index is -0.379. The summed E-state index contributed by atoms with van der Waals surface area (Å²) < 4.78 is 6.11. The first-order valence-corrected chi connectivity index (χ1v) is 8.54. The van der Waals surface area contributed by atoms with Crippen LogP contribution in [0.25, 0.3) is 0 Å². The van der Waals surface area contributed by atoms with Gasteiger partial charge in [0, 0.05) is 32.2 Å². The van der Waals surface area contributed by atoms with Gasteiger partial charge in [0.05, 0.1) is 13.2 Å². The van der Waals surface area contributed by atoms with Crippen molar-refractivity contribution in [3.8, 4) is 12.3 Å². The summed E-state index contributed by atoms with van der Waals surface area (Å²) in [5.41, 5.74) is 1.81. The van der Waals surface area contributed by atoms with E-state index < -0.39 is 0 Å². The molecule has 0 aromatic heterocycles. The maximum absolute atomic E-state index is 12.6. The summed E-state index contributed by atoms with van der Waals surface area (Å²) in [6.07, 6.45) is 8.70. The number of carbonyl (C=O) groups is 1. The van der Waals surface area contributed by atoms with E-state index in [0.29, 0.717) is 32.4 Å². The highest BCUT2D eigenvalue weighted by Gasteiger charge is 2.47. The lowest BCUT2D eigenvalue weighted by Gasteiger charge is -2.25. The highest BCUT2D eigenvalue weighted by molar-refractivity contribution is 5.77. The predicted octanol–water partition coefficient (Wildman–Crippen LogP) is 3.00. The van der Waals surface area contributed by atoms with Crippen molar-refractivity contribution in [2.45, 2.75) is 50.0 Å². The van der Waals surface area contributed by atoms with Gasteiger partial charge in [-0.25, -0.2) is 0 Å². The zero-order valence-corrected chi connectivity index (χ0v) is 13.7. The molecule has 1 amide bonds. The number of nitrogens with zero attached hydrogens (tertiary/aromatic N) is 3. The van der Waals surface area contributed by atoms with Crippen LogP contribution in [0.1, 0.15) is 43.2 Å². The number of fused-ring (bicyclic) bond motifs is 2. The third kappa shape index (κ3) is 2.61. The van der Waals surface area contributed by atoms with Crippen molar-refractivity contribution in [2.24, 2.45) is 10.2 Å². The Morgan fingerprint density at radius 1 is 1.33 bits per heavy atom. The summed E-state index contributed by atoms with van der Waals surface area (Å²) in [6.45, 7) is 2.04. The van der Waals surface area contributed by atoms with Crippen molar-refractivity contribution >= 4 is 5.91 Å². The number of benzene rings is 1. The topological polar surface area (TPSA) is 54.3 Å². The molecule has 3 heterocycles. The van der Waals surface area contributed by atoms with Crippen LogP contribution < -0.4 is 0 Å². The molecule has 0 aliphatic carbocycles. The molecule has 5 nitrogen and oxygen atoms in total. The maximum Gasteiger partial charge on any atom is 0.222 e. The van der Waals surface area contributed by atoms with E-state index in [1.807, 2.05) is 17.0 Å². The van der Waals surface area contributed by atoms with Crippen LogP contribution in [0.15, 0.2) is 34.5 Å². The molecule has 5 heteroatoms. The Morgan fingerprint density at radius 3 is 2.96 bits per heavy atom. The first kappa shape index (κ1) is 15.3. The van der Waals surface area contributed by atoms with Crippen molar-refractivity contribution in [3.63, 3.8) is 0 Å². The van der Waals surface area contributed by atoms with Gasteiger partial charge in [-0.3, -0.25) is 4.79 Å². The van der Waals surface area contributed by atoms with Crippen LogP contribution in [0.5, 0.6) is 0 Å². The average molecular weight is 323 g/mol. The standard InChI is InChI=1S/C19H21N3O2/c1-2-3-9-19(20-21-19)10-8-17(23)22-12-11-18(14-22)16-7-5-4-6-15(16)13-24-18/h1,4-7H,3,8-14H2. The highest BCUT2D eigenvalue weighted by atomic mass is 16.5. The molecule has 1 fully saturated rings. The molecule has 1 atom stereocenters. The van der Waals surface area contributed by atoms with Crippen molar-refractivity contribution in [2.75, 3.05) is 13.1 Å². The van der Waals surface area contributed by atoms with E-state index in [9.17, 15) is 4.79 Å². The molecule has 1 unspecified atom stereocenters. The largest absolute Gasteiger partial charge is 0.364 e. The molecule has 1 saturated heterocycles. The zero-order chi connectivity index (χ0) is 16.6. The summed E-state index contributed by atoms with van der Waals surface area (Å²) in [5.74, 6) is 2.78. The first-order valence-electron chi connectivity index (χ1n) is 8.54. The number of amides is 1. The molecule has 3 aliphatic rings. The summed E-state index contributed by atoms with van der Waals surface area (Å²) in [5, 5.41) is 8.21. The molecule has 0 bridgehead atoms. The average Bonchev–Trinajstić information content (AvgIpc) is 3.11. The van der Waals surface area contributed by atoms with Gasteiger partial charge in [-0.2, -0.15) is 10.2 Å². The molecule has 0 radical (unpaired) electrons. The Balaban J connectivity index is 1.36. The van der Waals surface area contributed by atoms with E-state index in [1.165, 1.54) is 11.1 Å². The van der Waals surface area contributed by atoms with E-state index in [0.717, 1.165) is 19.4 Å². The van der Waals surface area contributed by atoms with Crippen LogP contribution in [0, 0.1) is 12.3 Å². The van der Waals surface area contributed by atoms with E-state index >= 15 is 0 Å². The van der Waals surface area contributed by atoms with Gasteiger partial charge in [-0.15, -0.1) is 12.3 Å². The van der Waals surface area contributed by atoms with Crippen LogP contribution in [0.3, 0.4) is 0 Å². The monoisotopic (exact) mass is 323 g/mol. The van der Waals surface area contributed by atoms with Crippen LogP contribution in [0.2, 0.25) is 0 Å². The Kier molecular flexibility index (Phi) is 3.65. The lowest BCUT2D eigenvalue weighted by molar-refractivity contribution is -0.132. The predicted molar refractivity (Wildman–Crippen MR) is 89.0 cm³/mol.